The van der Waals surface area contributed by atoms with Crippen LogP contribution in [0.15, 0.2) is 12.3 Å². The van der Waals surface area contributed by atoms with E-state index in [1.165, 1.54) is 12.3 Å². The molecule has 0 N–H and O–H groups in total. The first-order valence-electron chi connectivity index (χ1n) is 3.65. The van der Waals surface area contributed by atoms with Crippen molar-refractivity contribution in [3.05, 3.63) is 17.5 Å². The van der Waals surface area contributed by atoms with Crippen molar-refractivity contribution in [3.8, 4) is 5.88 Å². The van der Waals surface area contributed by atoms with Crippen molar-refractivity contribution in [2.75, 3.05) is 7.04 Å². The van der Waals surface area contributed by atoms with E-state index in [4.69, 9.17) is 15.7 Å². The van der Waals surface area contributed by atoms with E-state index in [2.05, 4.69) is 14.7 Å². The third kappa shape index (κ3) is 1.54. The molecular weight excluding hydrogens is 140 g/mol. The van der Waals surface area contributed by atoms with Gasteiger partial charge < -0.3 is 4.74 Å². The molecule has 0 saturated carbocycles. The maximum Gasteiger partial charge on any atom is 0.225 e. The van der Waals surface area contributed by atoms with Crippen LogP contribution in [0, 0.1) is 0 Å². The molecule has 0 aliphatic carbocycles. The van der Waals surface area contributed by atoms with Gasteiger partial charge in [0.25, 0.3) is 0 Å². The van der Waals surface area contributed by atoms with Crippen LogP contribution in [0.1, 0.15) is 4.11 Å². The monoisotopic (exact) mass is 147 g/mol. The molecule has 1 rings (SSSR count). The zero-order valence-corrected chi connectivity index (χ0v) is 5.09. The molecule has 9 heavy (non-hydrogen) atoms. The fourth-order valence-corrected chi connectivity index (χ4v) is 0.516. The zero-order valence-electron chi connectivity index (χ0n) is 7.34. The summed E-state index contributed by atoms with van der Waals surface area (Å²) in [6.45, 7) is 0. The topological polar surface area (TPSA) is 35.0 Å². The molecule has 1 aromatic heterocycles. The van der Waals surface area contributed by atoms with Crippen LogP contribution >= 0.6 is 11.6 Å². The van der Waals surface area contributed by atoms with Gasteiger partial charge in [0, 0.05) is 12.3 Å². The molecule has 0 aromatic carbocycles. The van der Waals surface area contributed by atoms with Crippen molar-refractivity contribution >= 4 is 11.6 Å². The molecule has 0 radical (unpaired) electrons. The molecule has 0 spiro atoms. The number of rotatable bonds is 1. The Labute approximate surface area is 61.9 Å². The van der Waals surface area contributed by atoms with Gasteiger partial charge in [0.05, 0.1) is 11.2 Å². The van der Waals surface area contributed by atoms with Crippen molar-refractivity contribution in [1.82, 2.24) is 9.97 Å². The average Bonchev–Trinajstić information content (AvgIpc) is 1.82. The minimum Gasteiger partial charge on any atom is -0.481 e. The first-order valence-corrected chi connectivity index (χ1v) is 2.53. The van der Waals surface area contributed by atoms with Crippen LogP contribution in [0.5, 0.6) is 5.88 Å². The summed E-state index contributed by atoms with van der Waals surface area (Å²) in [7, 11) is -2.50. The largest absolute Gasteiger partial charge is 0.481 e. The Bertz CT molecular complexity index is 278. The fraction of sp³-hybridized carbons (Fsp3) is 0.200. The van der Waals surface area contributed by atoms with Gasteiger partial charge in [-0.3, -0.25) is 0 Å². The second kappa shape index (κ2) is 2.64. The summed E-state index contributed by atoms with van der Waals surface area (Å²) in [5, 5.41) is -0.0447. The first-order chi connectivity index (χ1) is 5.47. The Hall–Kier alpha value is -0.830. The lowest BCUT2D eigenvalue weighted by Crippen LogP contribution is -1.87. The van der Waals surface area contributed by atoms with Crippen molar-refractivity contribution < 1.29 is 8.85 Å². The Morgan fingerprint density at radius 3 is 3.44 bits per heavy atom. The number of ether oxygens (including phenoxy) is 1. The van der Waals surface area contributed by atoms with E-state index in [0.29, 0.717) is 0 Å². The molecule has 0 unspecified atom stereocenters. The number of hydrogen-bond acceptors (Lipinski definition) is 3. The number of methoxy groups -OCH3 is 1. The highest BCUT2D eigenvalue weighted by atomic mass is 35.5. The number of aromatic nitrogens is 2. The van der Waals surface area contributed by atoms with E-state index in [1.54, 1.807) is 0 Å². The van der Waals surface area contributed by atoms with Crippen molar-refractivity contribution in [2.45, 2.75) is 0 Å². The van der Waals surface area contributed by atoms with Crippen LogP contribution in [-0.2, 0) is 0 Å². The lowest BCUT2D eigenvalue weighted by Gasteiger charge is -1.94. The first kappa shape index (κ1) is 3.37. The quantitative estimate of drug-likeness (QED) is 0.559. The van der Waals surface area contributed by atoms with Gasteiger partial charge in [-0.05, 0) is 11.6 Å². The summed E-state index contributed by atoms with van der Waals surface area (Å²) in [6, 6.07) is 1.32. The Morgan fingerprint density at radius 1 is 1.89 bits per heavy atom. The summed E-state index contributed by atoms with van der Waals surface area (Å²) < 4.78 is 24.7. The molecule has 0 aliphatic heterocycles. The Morgan fingerprint density at radius 2 is 2.78 bits per heavy atom. The van der Waals surface area contributed by atoms with E-state index in [-0.39, 0.29) is 11.2 Å². The standard InChI is InChI=1S/C5H5ClN2O/c1-9-4-2-3-7-5(6)8-4/h2-3H,1H3/i1D3. The Balaban J connectivity index is 2.77. The van der Waals surface area contributed by atoms with Crippen LogP contribution in [0.2, 0.25) is 5.28 Å². The number of nitrogens with zero attached hydrogens (tertiary/aromatic N) is 2. The zero-order chi connectivity index (χ0) is 9.19. The van der Waals surface area contributed by atoms with Gasteiger partial charge in [-0.2, -0.15) is 4.98 Å². The molecule has 0 aliphatic rings. The normalized spacial score (nSPS) is 15.4. The van der Waals surface area contributed by atoms with E-state index < -0.39 is 7.04 Å². The highest BCUT2D eigenvalue weighted by Crippen LogP contribution is 2.06. The molecule has 0 atom stereocenters. The van der Waals surface area contributed by atoms with E-state index in [1.807, 2.05) is 0 Å². The summed E-state index contributed by atoms with van der Waals surface area (Å²) in [5.74, 6) is -0.0602. The van der Waals surface area contributed by atoms with Gasteiger partial charge in [-0.25, -0.2) is 4.98 Å². The Kier molecular flexibility index (Phi) is 0.987. The lowest BCUT2D eigenvalue weighted by atomic mass is 10.6. The fourth-order valence-electron chi connectivity index (χ4n) is 0.376. The summed E-state index contributed by atoms with van der Waals surface area (Å²) in [6.07, 6.45) is 1.32. The van der Waals surface area contributed by atoms with Crippen LogP contribution in [0.4, 0.5) is 0 Å². The van der Waals surface area contributed by atoms with Crippen molar-refractivity contribution in [1.29, 1.82) is 0 Å². The van der Waals surface area contributed by atoms with Gasteiger partial charge in [0.15, 0.2) is 0 Å². The molecule has 1 aromatic rings. The minimum atomic E-state index is -2.50. The molecule has 0 bridgehead atoms. The minimum absolute atomic E-state index is 0.0447. The highest BCUT2D eigenvalue weighted by molar-refractivity contribution is 6.28. The molecule has 0 fully saturated rings. The smallest absolute Gasteiger partial charge is 0.225 e. The predicted molar refractivity (Wildman–Crippen MR) is 33.6 cm³/mol. The molecule has 4 heteroatoms. The summed E-state index contributed by atoms with van der Waals surface area (Å²) in [5.41, 5.74) is 0. The summed E-state index contributed by atoms with van der Waals surface area (Å²) in [4.78, 5) is 7.09. The number of hydrogen-bond donors (Lipinski definition) is 0. The van der Waals surface area contributed by atoms with Gasteiger partial charge in [0.2, 0.25) is 11.2 Å². The average molecular weight is 148 g/mol. The summed E-state index contributed by atoms with van der Waals surface area (Å²) >= 11 is 5.39. The van der Waals surface area contributed by atoms with E-state index in [0.717, 1.165) is 0 Å². The lowest BCUT2D eigenvalue weighted by molar-refractivity contribution is 0.397. The maximum absolute atomic E-state index is 6.75. The maximum atomic E-state index is 6.75. The highest BCUT2D eigenvalue weighted by Gasteiger charge is 1.91. The van der Waals surface area contributed by atoms with Crippen LogP contribution in [0.25, 0.3) is 0 Å². The second-order valence-electron chi connectivity index (χ2n) is 1.27. The van der Waals surface area contributed by atoms with Gasteiger partial charge in [-0.1, -0.05) is 0 Å². The SMILES string of the molecule is [2H]C([2H])([2H])Oc1ccnc(Cl)n1. The van der Waals surface area contributed by atoms with Crippen molar-refractivity contribution in [3.63, 3.8) is 0 Å². The molecule has 0 saturated heterocycles. The predicted octanol–water partition coefficient (Wildman–Crippen LogP) is 1.14. The molecule has 3 nitrogen and oxygen atoms in total. The number of halogens is 1. The molecular formula is C5H5ClN2O. The third-order valence-corrected chi connectivity index (χ3v) is 0.887. The third-order valence-electron chi connectivity index (χ3n) is 0.705. The van der Waals surface area contributed by atoms with Crippen molar-refractivity contribution in [2.24, 2.45) is 0 Å². The van der Waals surface area contributed by atoms with E-state index >= 15 is 0 Å². The van der Waals surface area contributed by atoms with Gasteiger partial charge in [0.1, 0.15) is 0 Å². The van der Waals surface area contributed by atoms with E-state index in [9.17, 15) is 0 Å². The molecule has 1 heterocycles. The van der Waals surface area contributed by atoms with Gasteiger partial charge in [-0.15, -0.1) is 0 Å². The second-order valence-corrected chi connectivity index (χ2v) is 1.60. The molecule has 0 amide bonds. The van der Waals surface area contributed by atoms with Crippen LogP contribution in [-0.4, -0.2) is 17.0 Å². The van der Waals surface area contributed by atoms with Crippen LogP contribution < -0.4 is 4.74 Å². The van der Waals surface area contributed by atoms with Gasteiger partial charge >= 0.3 is 0 Å². The molecule has 48 valence electrons. The van der Waals surface area contributed by atoms with Crippen LogP contribution in [0.3, 0.4) is 0 Å².